The number of benzene rings is 2. The maximum absolute atomic E-state index is 14.2. The van der Waals surface area contributed by atoms with E-state index in [0.717, 1.165) is 28.4 Å². The number of pyridine rings is 1. The molecule has 10 heteroatoms. The molecule has 1 spiro atoms. The van der Waals surface area contributed by atoms with Gasteiger partial charge in [0, 0.05) is 35.6 Å². The quantitative estimate of drug-likeness (QED) is 0.431. The molecule has 0 fully saturated rings. The van der Waals surface area contributed by atoms with Crippen molar-refractivity contribution < 1.29 is 18.4 Å². The zero-order valence-electron chi connectivity index (χ0n) is 20.0. The Morgan fingerprint density at radius 2 is 1.89 bits per heavy atom. The fourth-order valence-corrected chi connectivity index (χ4v) is 5.80. The van der Waals surface area contributed by atoms with Crippen LogP contribution in [-0.2, 0) is 29.5 Å². The molecule has 0 saturated carbocycles. The summed E-state index contributed by atoms with van der Waals surface area (Å²) in [7, 11) is 0. The zero-order valence-corrected chi connectivity index (χ0v) is 20.0. The molecular weight excluding hydrogens is 490 g/mol. The van der Waals surface area contributed by atoms with Crippen molar-refractivity contribution in [1.82, 2.24) is 15.0 Å². The summed E-state index contributed by atoms with van der Waals surface area (Å²) in [5.41, 5.74) is 3.83. The van der Waals surface area contributed by atoms with Gasteiger partial charge in [0.1, 0.15) is 23.7 Å². The summed E-state index contributed by atoms with van der Waals surface area (Å²) in [6.45, 7) is 0.236. The van der Waals surface area contributed by atoms with Crippen molar-refractivity contribution in [1.29, 1.82) is 0 Å². The molecule has 0 saturated heterocycles. The van der Waals surface area contributed by atoms with Crippen molar-refractivity contribution in [3.05, 3.63) is 101 Å². The summed E-state index contributed by atoms with van der Waals surface area (Å²) in [5, 5.41) is 6.13. The van der Waals surface area contributed by atoms with Crippen LogP contribution in [-0.4, -0.2) is 33.3 Å². The van der Waals surface area contributed by atoms with Gasteiger partial charge in [-0.2, -0.15) is 0 Å². The smallest absolute Gasteiger partial charge is 0.277 e. The number of rotatable bonds is 3. The Labute approximate surface area is 215 Å². The fraction of sp³-hybridized carbons (Fsp3) is 0.179. The topological polar surface area (TPSA) is 100 Å². The average molecular weight is 511 g/mol. The zero-order chi connectivity index (χ0) is 26.0. The summed E-state index contributed by atoms with van der Waals surface area (Å²) >= 11 is 0. The van der Waals surface area contributed by atoms with E-state index in [2.05, 4.69) is 25.6 Å². The lowest BCUT2D eigenvalue weighted by Crippen LogP contribution is -2.35. The summed E-state index contributed by atoms with van der Waals surface area (Å²) in [6, 6.07) is 13.7. The van der Waals surface area contributed by atoms with Gasteiger partial charge in [-0.25, -0.2) is 23.7 Å². The SMILES string of the molecule is O=C(c1cc(Nc2ccc3c(c2)CC2(C3)C(=O)Nc3ncccc32)ncn1)N1CCc2c1ccc(F)c2F. The number of hydrogen-bond acceptors (Lipinski definition) is 6. The van der Waals surface area contributed by atoms with Crippen LogP contribution in [0.5, 0.6) is 0 Å². The maximum atomic E-state index is 14.2. The Kier molecular flexibility index (Phi) is 4.81. The number of nitrogens with zero attached hydrogens (tertiary/aromatic N) is 4. The molecule has 0 bridgehead atoms. The van der Waals surface area contributed by atoms with Gasteiger partial charge >= 0.3 is 0 Å². The van der Waals surface area contributed by atoms with E-state index in [0.29, 0.717) is 30.2 Å². The number of fused-ring (bicyclic) bond motifs is 4. The molecule has 0 radical (unpaired) electrons. The third kappa shape index (κ3) is 3.29. The molecular formula is C28H20F2N6O2. The number of aromatic nitrogens is 3. The van der Waals surface area contributed by atoms with Gasteiger partial charge in [0.2, 0.25) is 5.91 Å². The van der Waals surface area contributed by atoms with E-state index in [9.17, 15) is 18.4 Å². The van der Waals surface area contributed by atoms with Crippen LogP contribution in [0.1, 0.15) is 32.7 Å². The van der Waals surface area contributed by atoms with Crippen molar-refractivity contribution >= 4 is 34.8 Å². The molecule has 1 aliphatic carbocycles. The lowest BCUT2D eigenvalue weighted by molar-refractivity contribution is -0.120. The van der Waals surface area contributed by atoms with Crippen molar-refractivity contribution in [3.8, 4) is 0 Å². The highest BCUT2D eigenvalue weighted by Crippen LogP contribution is 2.47. The van der Waals surface area contributed by atoms with Crippen molar-refractivity contribution in [2.24, 2.45) is 0 Å². The molecule has 1 atom stereocenters. The second kappa shape index (κ2) is 8.14. The molecule has 2 amide bonds. The lowest BCUT2D eigenvalue weighted by Gasteiger charge is -2.20. The van der Waals surface area contributed by atoms with Crippen molar-refractivity contribution in [3.63, 3.8) is 0 Å². The molecule has 38 heavy (non-hydrogen) atoms. The van der Waals surface area contributed by atoms with E-state index in [1.165, 1.54) is 23.4 Å². The van der Waals surface area contributed by atoms with Crippen LogP contribution in [0.3, 0.4) is 0 Å². The van der Waals surface area contributed by atoms with Crippen molar-refractivity contribution in [2.45, 2.75) is 24.7 Å². The molecule has 3 aliphatic rings. The molecule has 2 aromatic heterocycles. The highest BCUT2D eigenvalue weighted by atomic mass is 19.2. The van der Waals surface area contributed by atoms with Gasteiger partial charge in [-0.1, -0.05) is 12.1 Å². The van der Waals surface area contributed by atoms with Gasteiger partial charge in [0.25, 0.3) is 5.91 Å². The van der Waals surface area contributed by atoms with Crippen LogP contribution in [0.4, 0.5) is 31.8 Å². The Morgan fingerprint density at radius 1 is 1.03 bits per heavy atom. The predicted octanol–water partition coefficient (Wildman–Crippen LogP) is 4.09. The van der Waals surface area contributed by atoms with Crippen LogP contribution in [0, 0.1) is 11.6 Å². The molecule has 4 heterocycles. The third-order valence-electron chi connectivity index (χ3n) is 7.63. The highest BCUT2D eigenvalue weighted by Gasteiger charge is 2.51. The number of hydrogen-bond donors (Lipinski definition) is 2. The molecule has 188 valence electrons. The van der Waals surface area contributed by atoms with Gasteiger partial charge in [-0.15, -0.1) is 0 Å². The first-order chi connectivity index (χ1) is 18.4. The molecule has 2 N–H and O–H groups in total. The first kappa shape index (κ1) is 22.5. The number of carbonyl (C=O) groups excluding carboxylic acids is 2. The van der Waals surface area contributed by atoms with Crippen LogP contribution in [0.25, 0.3) is 0 Å². The number of amides is 2. The summed E-state index contributed by atoms with van der Waals surface area (Å²) < 4.78 is 27.8. The average Bonchev–Trinajstić information content (AvgIpc) is 3.60. The standard InChI is InChI=1S/C28H20F2N6O2/c29-20-5-6-22-18(24(20)30)7-9-36(22)26(37)21-11-23(33-14-32-21)34-17-4-3-15-12-28(13-16(15)10-17)19-2-1-8-31-25(19)35-27(28)38/h1-6,8,10-11,14H,7,9,12-13H2,(H,31,35,38)(H,32,33,34). The van der Waals surface area contributed by atoms with Crippen LogP contribution in [0.2, 0.25) is 0 Å². The molecule has 8 nitrogen and oxygen atoms in total. The van der Waals surface area contributed by atoms with Gasteiger partial charge in [-0.3, -0.25) is 9.59 Å². The monoisotopic (exact) mass is 510 g/mol. The van der Waals surface area contributed by atoms with E-state index < -0.39 is 23.0 Å². The number of halogens is 2. The van der Waals surface area contributed by atoms with E-state index in [-0.39, 0.29) is 30.1 Å². The molecule has 1 unspecified atom stereocenters. The normalized spacial score (nSPS) is 18.8. The first-order valence-corrected chi connectivity index (χ1v) is 12.2. The van der Waals surface area contributed by atoms with Gasteiger partial charge in [0.15, 0.2) is 11.6 Å². The minimum Gasteiger partial charge on any atom is -0.340 e. The number of carbonyl (C=O) groups is 2. The Bertz CT molecular complexity index is 1680. The maximum Gasteiger partial charge on any atom is 0.277 e. The van der Waals surface area contributed by atoms with Crippen LogP contribution < -0.4 is 15.5 Å². The second-order valence-corrected chi connectivity index (χ2v) is 9.75. The minimum absolute atomic E-state index is 0.0398. The van der Waals surface area contributed by atoms with Crippen molar-refractivity contribution in [2.75, 3.05) is 22.1 Å². The van der Waals surface area contributed by atoms with E-state index in [1.807, 2.05) is 30.3 Å². The van der Waals surface area contributed by atoms with E-state index in [1.54, 1.807) is 6.20 Å². The predicted molar refractivity (Wildman–Crippen MR) is 135 cm³/mol. The summed E-state index contributed by atoms with van der Waals surface area (Å²) in [5.74, 6) is -1.28. The number of nitrogens with one attached hydrogen (secondary N) is 2. The molecule has 7 rings (SSSR count). The van der Waals surface area contributed by atoms with E-state index >= 15 is 0 Å². The molecule has 4 aromatic rings. The van der Waals surface area contributed by atoms with Gasteiger partial charge in [0.05, 0.1) is 11.1 Å². The fourth-order valence-electron chi connectivity index (χ4n) is 5.80. The number of anilines is 4. The minimum atomic E-state index is -0.929. The highest BCUT2D eigenvalue weighted by molar-refractivity contribution is 6.07. The van der Waals surface area contributed by atoms with Crippen LogP contribution in [0.15, 0.2) is 61.1 Å². The van der Waals surface area contributed by atoms with Gasteiger partial charge in [-0.05, 0) is 60.7 Å². The summed E-state index contributed by atoms with van der Waals surface area (Å²) in [4.78, 5) is 40.2. The van der Waals surface area contributed by atoms with E-state index in [4.69, 9.17) is 0 Å². The Hall–Kier alpha value is -4.73. The molecule has 2 aromatic carbocycles. The Balaban J connectivity index is 1.13. The summed E-state index contributed by atoms with van der Waals surface area (Å²) in [6.07, 6.45) is 4.34. The van der Waals surface area contributed by atoms with Crippen LogP contribution >= 0.6 is 0 Å². The third-order valence-corrected chi connectivity index (χ3v) is 7.63. The Morgan fingerprint density at radius 3 is 2.79 bits per heavy atom. The molecule has 2 aliphatic heterocycles. The largest absolute Gasteiger partial charge is 0.340 e. The lowest BCUT2D eigenvalue weighted by atomic mass is 9.79. The second-order valence-electron chi connectivity index (χ2n) is 9.75. The first-order valence-electron chi connectivity index (χ1n) is 12.2. The van der Waals surface area contributed by atoms with Gasteiger partial charge < -0.3 is 15.5 Å².